The number of fused-ring (bicyclic) bond motifs is 1. The fraction of sp³-hybridized carbons (Fsp3) is 0.348. The summed E-state index contributed by atoms with van der Waals surface area (Å²) < 4.78 is 0. The van der Waals surface area contributed by atoms with Gasteiger partial charge in [-0.15, -0.1) is 0 Å². The van der Waals surface area contributed by atoms with Crippen molar-refractivity contribution in [1.29, 1.82) is 0 Å². The smallest absolute Gasteiger partial charge is 0.261 e. The molecular weight excluding hydrogens is 352 g/mol. The Balaban J connectivity index is 1.59. The van der Waals surface area contributed by atoms with E-state index in [1.54, 1.807) is 18.2 Å². The lowest BCUT2D eigenvalue weighted by Gasteiger charge is -2.29. The van der Waals surface area contributed by atoms with Crippen molar-refractivity contribution < 1.29 is 14.4 Å². The molecule has 3 amide bonds. The number of benzene rings is 2. The minimum Gasteiger partial charge on any atom is -0.322 e. The second-order valence-corrected chi connectivity index (χ2v) is 7.81. The lowest BCUT2D eigenvalue weighted by molar-refractivity contribution is 0.0549. The SMILES string of the molecule is Cc1ccc(C)c(NC(=O)c2ccc3c(c2)C(=O)N(C2CCCCC2)C3=O)c1. The zero-order valence-electron chi connectivity index (χ0n) is 16.2. The van der Waals surface area contributed by atoms with Gasteiger partial charge in [0.25, 0.3) is 17.7 Å². The maximum absolute atomic E-state index is 12.9. The molecule has 5 nitrogen and oxygen atoms in total. The van der Waals surface area contributed by atoms with Crippen LogP contribution in [-0.2, 0) is 0 Å². The molecule has 1 aliphatic carbocycles. The van der Waals surface area contributed by atoms with Crippen LogP contribution in [0.15, 0.2) is 36.4 Å². The first-order chi connectivity index (χ1) is 13.5. The topological polar surface area (TPSA) is 66.5 Å². The van der Waals surface area contributed by atoms with Crippen molar-refractivity contribution >= 4 is 23.4 Å². The molecule has 2 aromatic rings. The van der Waals surface area contributed by atoms with E-state index in [2.05, 4.69) is 5.32 Å². The first-order valence-corrected chi connectivity index (χ1v) is 9.86. The average Bonchev–Trinajstić information content (AvgIpc) is 2.95. The largest absolute Gasteiger partial charge is 0.322 e. The van der Waals surface area contributed by atoms with Crippen molar-refractivity contribution in [3.63, 3.8) is 0 Å². The molecular formula is C23H24N2O3. The van der Waals surface area contributed by atoms with Gasteiger partial charge in [-0.2, -0.15) is 0 Å². The molecule has 0 atom stereocenters. The molecule has 0 radical (unpaired) electrons. The maximum atomic E-state index is 12.9. The van der Waals surface area contributed by atoms with Crippen LogP contribution < -0.4 is 5.32 Å². The predicted octanol–water partition coefficient (Wildman–Crippen LogP) is 4.48. The Morgan fingerprint density at radius 3 is 2.39 bits per heavy atom. The second-order valence-electron chi connectivity index (χ2n) is 7.81. The fourth-order valence-corrected chi connectivity index (χ4v) is 4.14. The number of carbonyl (C=O) groups is 3. The number of nitrogens with one attached hydrogen (secondary N) is 1. The van der Waals surface area contributed by atoms with Gasteiger partial charge in [-0.1, -0.05) is 31.4 Å². The summed E-state index contributed by atoms with van der Waals surface area (Å²) in [5.41, 5.74) is 3.89. The normalized spacial score (nSPS) is 17.0. The third-order valence-electron chi connectivity index (χ3n) is 5.76. The zero-order valence-corrected chi connectivity index (χ0v) is 16.2. The van der Waals surface area contributed by atoms with E-state index in [4.69, 9.17) is 0 Å². The Bertz CT molecular complexity index is 974. The summed E-state index contributed by atoms with van der Waals surface area (Å²) in [6, 6.07) is 10.6. The first-order valence-electron chi connectivity index (χ1n) is 9.86. The lowest BCUT2D eigenvalue weighted by atomic mass is 9.94. The van der Waals surface area contributed by atoms with Crippen molar-refractivity contribution in [3.05, 3.63) is 64.2 Å². The van der Waals surface area contributed by atoms with Crippen LogP contribution in [0, 0.1) is 13.8 Å². The molecule has 1 N–H and O–H groups in total. The van der Waals surface area contributed by atoms with Gasteiger partial charge in [-0.25, -0.2) is 0 Å². The molecule has 0 unspecified atom stereocenters. The average molecular weight is 376 g/mol. The summed E-state index contributed by atoms with van der Waals surface area (Å²) in [7, 11) is 0. The van der Waals surface area contributed by atoms with E-state index in [1.165, 1.54) is 4.90 Å². The highest BCUT2D eigenvalue weighted by atomic mass is 16.2. The van der Waals surface area contributed by atoms with Crippen molar-refractivity contribution in [2.75, 3.05) is 5.32 Å². The Kier molecular flexibility index (Phi) is 4.75. The molecule has 0 bridgehead atoms. The van der Waals surface area contributed by atoms with Crippen LogP contribution in [0.3, 0.4) is 0 Å². The van der Waals surface area contributed by atoms with Crippen LogP contribution in [0.2, 0.25) is 0 Å². The Morgan fingerprint density at radius 1 is 0.929 bits per heavy atom. The molecule has 28 heavy (non-hydrogen) atoms. The molecule has 2 aliphatic rings. The molecule has 1 fully saturated rings. The van der Waals surface area contributed by atoms with E-state index in [-0.39, 0.29) is 23.8 Å². The second kappa shape index (κ2) is 7.23. The number of carbonyl (C=O) groups excluding carboxylic acids is 3. The van der Waals surface area contributed by atoms with E-state index in [0.717, 1.165) is 48.9 Å². The molecule has 5 heteroatoms. The maximum Gasteiger partial charge on any atom is 0.261 e. The van der Waals surface area contributed by atoms with Gasteiger partial charge >= 0.3 is 0 Å². The van der Waals surface area contributed by atoms with E-state index in [0.29, 0.717) is 16.7 Å². The number of hydrogen-bond acceptors (Lipinski definition) is 3. The molecule has 144 valence electrons. The number of aryl methyl sites for hydroxylation is 2. The number of amides is 3. The minimum absolute atomic E-state index is 0.0200. The van der Waals surface area contributed by atoms with Gasteiger partial charge in [0, 0.05) is 17.3 Å². The van der Waals surface area contributed by atoms with Crippen molar-refractivity contribution in [2.45, 2.75) is 52.0 Å². The Labute approximate surface area is 164 Å². The number of imide groups is 1. The van der Waals surface area contributed by atoms with Crippen LogP contribution in [0.1, 0.15) is 74.3 Å². The Hall–Kier alpha value is -2.95. The van der Waals surface area contributed by atoms with E-state index in [1.807, 2.05) is 32.0 Å². The highest BCUT2D eigenvalue weighted by Crippen LogP contribution is 2.31. The van der Waals surface area contributed by atoms with E-state index in [9.17, 15) is 14.4 Å². The quantitative estimate of drug-likeness (QED) is 0.803. The van der Waals surface area contributed by atoms with Crippen LogP contribution in [0.5, 0.6) is 0 Å². The molecule has 4 rings (SSSR count). The number of nitrogens with zero attached hydrogens (tertiary/aromatic N) is 1. The van der Waals surface area contributed by atoms with E-state index >= 15 is 0 Å². The number of rotatable bonds is 3. The predicted molar refractivity (Wildman–Crippen MR) is 108 cm³/mol. The highest BCUT2D eigenvalue weighted by molar-refractivity contribution is 6.22. The standard InChI is InChI=1S/C23H24N2O3/c1-14-8-9-15(2)20(12-14)24-21(26)16-10-11-18-19(13-16)23(28)25(22(18)27)17-6-4-3-5-7-17/h8-13,17H,3-7H2,1-2H3,(H,24,26). The number of hydrogen-bond donors (Lipinski definition) is 1. The monoisotopic (exact) mass is 376 g/mol. The minimum atomic E-state index is -0.284. The van der Waals surface area contributed by atoms with Gasteiger partial charge in [-0.3, -0.25) is 19.3 Å². The lowest BCUT2D eigenvalue weighted by Crippen LogP contribution is -2.40. The molecule has 1 heterocycles. The zero-order chi connectivity index (χ0) is 19.8. The molecule has 0 spiro atoms. The van der Waals surface area contributed by atoms with Gasteiger partial charge in [0.1, 0.15) is 0 Å². The van der Waals surface area contributed by atoms with Crippen LogP contribution in [0.25, 0.3) is 0 Å². The third kappa shape index (κ3) is 3.21. The highest BCUT2D eigenvalue weighted by Gasteiger charge is 2.40. The van der Waals surface area contributed by atoms with Crippen molar-refractivity contribution in [3.8, 4) is 0 Å². The molecule has 2 aromatic carbocycles. The molecule has 1 saturated carbocycles. The van der Waals surface area contributed by atoms with Crippen LogP contribution >= 0.6 is 0 Å². The summed E-state index contributed by atoms with van der Waals surface area (Å²) in [5, 5.41) is 2.91. The molecule has 0 aromatic heterocycles. The van der Waals surface area contributed by atoms with Gasteiger partial charge < -0.3 is 5.32 Å². The van der Waals surface area contributed by atoms with Crippen molar-refractivity contribution in [1.82, 2.24) is 4.90 Å². The fourth-order valence-electron chi connectivity index (χ4n) is 4.14. The molecule has 1 aliphatic heterocycles. The Morgan fingerprint density at radius 2 is 1.64 bits per heavy atom. The van der Waals surface area contributed by atoms with Gasteiger partial charge in [-0.05, 0) is 62.1 Å². The van der Waals surface area contributed by atoms with E-state index < -0.39 is 0 Å². The summed E-state index contributed by atoms with van der Waals surface area (Å²) in [4.78, 5) is 39.8. The summed E-state index contributed by atoms with van der Waals surface area (Å²) in [6.45, 7) is 3.90. The van der Waals surface area contributed by atoms with Crippen LogP contribution in [-0.4, -0.2) is 28.7 Å². The summed E-state index contributed by atoms with van der Waals surface area (Å²) >= 11 is 0. The number of anilines is 1. The van der Waals surface area contributed by atoms with Crippen molar-refractivity contribution in [2.24, 2.45) is 0 Å². The van der Waals surface area contributed by atoms with Gasteiger partial charge in [0.15, 0.2) is 0 Å². The summed E-state index contributed by atoms with van der Waals surface area (Å²) in [6.07, 6.45) is 4.97. The summed E-state index contributed by atoms with van der Waals surface area (Å²) in [5.74, 6) is -0.783. The van der Waals surface area contributed by atoms with Gasteiger partial charge in [0.2, 0.25) is 0 Å². The molecule has 0 saturated heterocycles. The first kappa shape index (κ1) is 18.4. The van der Waals surface area contributed by atoms with Gasteiger partial charge in [0.05, 0.1) is 11.1 Å². The third-order valence-corrected chi connectivity index (χ3v) is 5.76. The van der Waals surface area contributed by atoms with Crippen LogP contribution in [0.4, 0.5) is 5.69 Å².